The smallest absolute Gasteiger partial charge is 0.244 e. The zero-order valence-corrected chi connectivity index (χ0v) is 13.9. The Morgan fingerprint density at radius 3 is 2.35 bits per heavy atom. The molecule has 0 fully saturated rings. The molecule has 23 heavy (non-hydrogen) atoms. The molecule has 1 amide bonds. The second-order valence-corrected chi connectivity index (χ2v) is 6.00. The average Bonchev–Trinajstić information content (AvgIpc) is 2.51. The van der Waals surface area contributed by atoms with Gasteiger partial charge in [0.25, 0.3) is 0 Å². The van der Waals surface area contributed by atoms with Crippen molar-refractivity contribution in [1.29, 1.82) is 0 Å². The first-order valence-corrected chi connectivity index (χ1v) is 7.73. The van der Waals surface area contributed by atoms with Crippen LogP contribution in [0.2, 0.25) is 0 Å². The number of hydrogen-bond donors (Lipinski definition) is 2. The minimum absolute atomic E-state index is 0.215. The maximum absolute atomic E-state index is 12.3. The molecule has 0 radical (unpaired) electrons. The van der Waals surface area contributed by atoms with Crippen LogP contribution in [0.3, 0.4) is 0 Å². The van der Waals surface area contributed by atoms with Crippen molar-refractivity contribution in [2.75, 3.05) is 13.2 Å². The van der Waals surface area contributed by atoms with Crippen molar-refractivity contribution in [3.8, 4) is 5.75 Å². The quantitative estimate of drug-likeness (QED) is 0.806. The number of ether oxygens (including phenoxy) is 1. The number of carbonyl (C=O) groups is 1. The molecule has 0 aromatic heterocycles. The minimum atomic E-state index is -1.05. The van der Waals surface area contributed by atoms with E-state index in [0.717, 1.165) is 22.4 Å². The van der Waals surface area contributed by atoms with Gasteiger partial charge in [0.2, 0.25) is 5.91 Å². The molecule has 2 aromatic rings. The highest BCUT2D eigenvalue weighted by atomic mass is 16.5. The van der Waals surface area contributed by atoms with Gasteiger partial charge in [0, 0.05) is 0 Å². The molecule has 3 N–H and O–H groups in total. The highest BCUT2D eigenvalue weighted by Crippen LogP contribution is 2.18. The third-order valence-electron chi connectivity index (χ3n) is 3.70. The monoisotopic (exact) mass is 312 g/mol. The van der Waals surface area contributed by atoms with E-state index in [1.54, 1.807) is 6.92 Å². The molecular weight excluding hydrogens is 288 g/mol. The van der Waals surface area contributed by atoms with E-state index in [9.17, 15) is 4.79 Å². The number of nitrogens with two attached hydrogens (primary N) is 1. The fraction of sp³-hybridized carbons (Fsp3) is 0.316. The fourth-order valence-electron chi connectivity index (χ4n) is 2.45. The highest BCUT2D eigenvalue weighted by Gasteiger charge is 2.29. The predicted molar refractivity (Wildman–Crippen MR) is 92.4 cm³/mol. The van der Waals surface area contributed by atoms with Crippen molar-refractivity contribution >= 4 is 5.91 Å². The molecule has 0 aliphatic carbocycles. The van der Waals surface area contributed by atoms with E-state index in [1.807, 2.05) is 56.3 Å². The van der Waals surface area contributed by atoms with Crippen molar-refractivity contribution in [2.45, 2.75) is 26.3 Å². The SMILES string of the molecule is Cc1cc(C)cc(OCCNC(=O)C(C)(N)c2ccccc2)c1. The van der Waals surface area contributed by atoms with Crippen LogP contribution in [0, 0.1) is 13.8 Å². The van der Waals surface area contributed by atoms with Gasteiger partial charge in [0.05, 0.1) is 6.54 Å². The van der Waals surface area contributed by atoms with Crippen molar-refractivity contribution in [3.05, 3.63) is 65.2 Å². The number of benzene rings is 2. The Morgan fingerprint density at radius 1 is 1.13 bits per heavy atom. The summed E-state index contributed by atoms with van der Waals surface area (Å²) in [4.78, 5) is 12.3. The second-order valence-electron chi connectivity index (χ2n) is 6.00. The summed E-state index contributed by atoms with van der Waals surface area (Å²) < 4.78 is 5.68. The largest absolute Gasteiger partial charge is 0.492 e. The van der Waals surface area contributed by atoms with Crippen LogP contribution in [-0.4, -0.2) is 19.1 Å². The Balaban J connectivity index is 1.85. The number of aryl methyl sites for hydroxylation is 2. The molecule has 0 aliphatic rings. The lowest BCUT2D eigenvalue weighted by atomic mass is 9.92. The van der Waals surface area contributed by atoms with Gasteiger partial charge in [-0.05, 0) is 49.6 Å². The van der Waals surface area contributed by atoms with Crippen LogP contribution in [0.1, 0.15) is 23.6 Å². The molecule has 0 bridgehead atoms. The van der Waals surface area contributed by atoms with Crippen LogP contribution in [0.15, 0.2) is 48.5 Å². The van der Waals surface area contributed by atoms with Crippen LogP contribution >= 0.6 is 0 Å². The molecular formula is C19H24N2O2. The van der Waals surface area contributed by atoms with Crippen molar-refractivity contribution in [2.24, 2.45) is 5.73 Å². The Morgan fingerprint density at radius 2 is 1.74 bits per heavy atom. The zero-order valence-electron chi connectivity index (χ0n) is 13.9. The van der Waals surface area contributed by atoms with E-state index in [1.165, 1.54) is 0 Å². The molecule has 0 heterocycles. The molecule has 0 spiro atoms. The summed E-state index contributed by atoms with van der Waals surface area (Å²) in [6, 6.07) is 15.4. The van der Waals surface area contributed by atoms with Crippen molar-refractivity contribution in [1.82, 2.24) is 5.32 Å². The summed E-state index contributed by atoms with van der Waals surface area (Å²) in [5.41, 5.74) is 8.20. The first-order valence-electron chi connectivity index (χ1n) is 7.73. The summed E-state index contributed by atoms with van der Waals surface area (Å²) in [5.74, 6) is 0.600. The van der Waals surface area contributed by atoms with E-state index in [0.29, 0.717) is 13.2 Å². The van der Waals surface area contributed by atoms with Gasteiger partial charge in [-0.3, -0.25) is 4.79 Å². The lowest BCUT2D eigenvalue weighted by Crippen LogP contribution is -2.49. The Labute approximate surface area is 137 Å². The van der Waals surface area contributed by atoms with E-state index < -0.39 is 5.54 Å². The molecule has 0 aliphatic heterocycles. The predicted octanol–water partition coefficient (Wildman–Crippen LogP) is 2.67. The topological polar surface area (TPSA) is 64.3 Å². The molecule has 2 aromatic carbocycles. The number of amides is 1. The van der Waals surface area contributed by atoms with Gasteiger partial charge in [0.1, 0.15) is 17.9 Å². The molecule has 0 saturated heterocycles. The lowest BCUT2D eigenvalue weighted by Gasteiger charge is -2.24. The highest BCUT2D eigenvalue weighted by molar-refractivity contribution is 5.86. The fourth-order valence-corrected chi connectivity index (χ4v) is 2.45. The number of carbonyl (C=O) groups excluding carboxylic acids is 1. The van der Waals surface area contributed by atoms with E-state index in [-0.39, 0.29) is 5.91 Å². The number of nitrogens with one attached hydrogen (secondary N) is 1. The first-order chi connectivity index (χ1) is 10.9. The molecule has 2 rings (SSSR count). The first kappa shape index (κ1) is 17.0. The normalized spacial score (nSPS) is 13.2. The van der Waals surface area contributed by atoms with Gasteiger partial charge in [-0.15, -0.1) is 0 Å². The molecule has 122 valence electrons. The molecule has 0 saturated carbocycles. The molecule has 4 nitrogen and oxygen atoms in total. The van der Waals surface area contributed by atoms with Gasteiger partial charge in [-0.1, -0.05) is 36.4 Å². The summed E-state index contributed by atoms with van der Waals surface area (Å²) in [5, 5.41) is 2.83. The summed E-state index contributed by atoms with van der Waals surface area (Å²) in [7, 11) is 0. The minimum Gasteiger partial charge on any atom is -0.492 e. The Bertz CT molecular complexity index is 646. The summed E-state index contributed by atoms with van der Waals surface area (Å²) in [6.45, 7) is 6.58. The summed E-state index contributed by atoms with van der Waals surface area (Å²) >= 11 is 0. The van der Waals surface area contributed by atoms with Crippen LogP contribution < -0.4 is 15.8 Å². The van der Waals surface area contributed by atoms with Crippen LogP contribution in [-0.2, 0) is 10.3 Å². The average molecular weight is 312 g/mol. The third-order valence-corrected chi connectivity index (χ3v) is 3.70. The molecule has 1 atom stereocenters. The second kappa shape index (κ2) is 7.29. The van der Waals surface area contributed by atoms with E-state index in [2.05, 4.69) is 11.4 Å². The van der Waals surface area contributed by atoms with Crippen LogP contribution in [0.25, 0.3) is 0 Å². The molecule has 1 unspecified atom stereocenters. The van der Waals surface area contributed by atoms with Crippen LogP contribution in [0.4, 0.5) is 0 Å². The molecule has 4 heteroatoms. The Kier molecular flexibility index (Phi) is 5.40. The van der Waals surface area contributed by atoms with Gasteiger partial charge >= 0.3 is 0 Å². The van der Waals surface area contributed by atoms with Crippen molar-refractivity contribution < 1.29 is 9.53 Å². The van der Waals surface area contributed by atoms with E-state index >= 15 is 0 Å². The van der Waals surface area contributed by atoms with Crippen molar-refractivity contribution in [3.63, 3.8) is 0 Å². The summed E-state index contributed by atoms with van der Waals surface area (Å²) in [6.07, 6.45) is 0. The van der Waals surface area contributed by atoms with Gasteiger partial charge < -0.3 is 15.8 Å². The van der Waals surface area contributed by atoms with E-state index in [4.69, 9.17) is 10.5 Å². The number of hydrogen-bond acceptors (Lipinski definition) is 3. The van der Waals surface area contributed by atoms with Gasteiger partial charge in [0.15, 0.2) is 0 Å². The van der Waals surface area contributed by atoms with Gasteiger partial charge in [-0.25, -0.2) is 0 Å². The maximum atomic E-state index is 12.3. The Hall–Kier alpha value is -2.33. The van der Waals surface area contributed by atoms with Gasteiger partial charge in [-0.2, -0.15) is 0 Å². The number of rotatable bonds is 6. The standard InChI is InChI=1S/C19H24N2O2/c1-14-11-15(2)13-17(12-14)23-10-9-21-18(22)19(3,20)16-7-5-4-6-8-16/h4-8,11-13H,9-10,20H2,1-3H3,(H,21,22). The third kappa shape index (κ3) is 4.57. The zero-order chi connectivity index (χ0) is 16.9. The maximum Gasteiger partial charge on any atom is 0.244 e. The van der Waals surface area contributed by atoms with Crippen LogP contribution in [0.5, 0.6) is 5.75 Å². The lowest BCUT2D eigenvalue weighted by molar-refractivity contribution is -0.126.